The van der Waals surface area contributed by atoms with Crippen molar-refractivity contribution in [3.05, 3.63) is 0 Å². The molecule has 0 aliphatic carbocycles. The molecule has 1 fully saturated rings. The first kappa shape index (κ1) is 18.2. The van der Waals surface area contributed by atoms with Crippen LogP contribution in [0.2, 0.25) is 0 Å². The SMILES string of the molecule is CCNC(=O)C(C)NC(=O)CCC1CCNCC1.Cl. The molecule has 5 nitrogen and oxygen atoms in total. The molecule has 0 saturated carbocycles. The van der Waals surface area contributed by atoms with E-state index in [0.29, 0.717) is 18.9 Å². The Morgan fingerprint density at radius 1 is 1.32 bits per heavy atom. The zero-order valence-corrected chi connectivity index (χ0v) is 12.6. The third-order valence-electron chi connectivity index (χ3n) is 3.36. The molecule has 1 aliphatic heterocycles. The number of rotatable bonds is 6. The zero-order chi connectivity index (χ0) is 13.4. The Kier molecular flexibility index (Phi) is 9.61. The maximum absolute atomic E-state index is 11.7. The van der Waals surface area contributed by atoms with Crippen molar-refractivity contribution in [3.63, 3.8) is 0 Å². The quantitative estimate of drug-likeness (QED) is 0.679. The third kappa shape index (κ3) is 7.38. The molecule has 0 aromatic carbocycles. The molecule has 1 aliphatic rings. The summed E-state index contributed by atoms with van der Waals surface area (Å²) in [6, 6.07) is -0.439. The first-order valence-corrected chi connectivity index (χ1v) is 6.91. The molecule has 112 valence electrons. The second kappa shape index (κ2) is 10.0. The van der Waals surface area contributed by atoms with Crippen molar-refractivity contribution in [1.29, 1.82) is 0 Å². The minimum atomic E-state index is -0.439. The van der Waals surface area contributed by atoms with E-state index in [1.54, 1.807) is 6.92 Å². The van der Waals surface area contributed by atoms with E-state index in [1.807, 2.05) is 6.92 Å². The topological polar surface area (TPSA) is 70.2 Å². The van der Waals surface area contributed by atoms with Crippen molar-refractivity contribution in [3.8, 4) is 0 Å². The molecule has 3 N–H and O–H groups in total. The highest BCUT2D eigenvalue weighted by atomic mass is 35.5. The lowest BCUT2D eigenvalue weighted by atomic mass is 9.93. The van der Waals surface area contributed by atoms with E-state index < -0.39 is 6.04 Å². The van der Waals surface area contributed by atoms with Gasteiger partial charge in [0, 0.05) is 13.0 Å². The number of nitrogens with one attached hydrogen (secondary N) is 3. The van der Waals surface area contributed by atoms with E-state index in [-0.39, 0.29) is 24.2 Å². The standard InChI is InChI=1S/C13H25N3O2.ClH/c1-3-15-13(18)10(2)16-12(17)5-4-11-6-8-14-9-7-11;/h10-11,14H,3-9H2,1-2H3,(H,15,18)(H,16,17);1H. The number of hydrogen-bond acceptors (Lipinski definition) is 3. The van der Waals surface area contributed by atoms with Crippen LogP contribution in [0.25, 0.3) is 0 Å². The van der Waals surface area contributed by atoms with Gasteiger partial charge in [-0.15, -0.1) is 12.4 Å². The van der Waals surface area contributed by atoms with Crippen LogP contribution in [0.4, 0.5) is 0 Å². The molecule has 6 heteroatoms. The summed E-state index contributed by atoms with van der Waals surface area (Å²) in [6.07, 6.45) is 3.75. The van der Waals surface area contributed by atoms with Gasteiger partial charge in [0.25, 0.3) is 0 Å². The highest BCUT2D eigenvalue weighted by Gasteiger charge is 2.17. The van der Waals surface area contributed by atoms with Gasteiger partial charge < -0.3 is 16.0 Å². The second-order valence-electron chi connectivity index (χ2n) is 4.92. The van der Waals surface area contributed by atoms with Crippen LogP contribution >= 0.6 is 12.4 Å². The molecule has 19 heavy (non-hydrogen) atoms. The van der Waals surface area contributed by atoms with Crippen molar-refractivity contribution in [2.24, 2.45) is 5.92 Å². The molecule has 2 amide bonds. The third-order valence-corrected chi connectivity index (χ3v) is 3.36. The van der Waals surface area contributed by atoms with Crippen molar-refractivity contribution in [1.82, 2.24) is 16.0 Å². The lowest BCUT2D eigenvalue weighted by Crippen LogP contribution is -2.44. The summed E-state index contributed by atoms with van der Waals surface area (Å²) in [5.74, 6) is 0.511. The Bertz CT molecular complexity index is 281. The van der Waals surface area contributed by atoms with Gasteiger partial charge in [0.1, 0.15) is 6.04 Å². The average Bonchev–Trinajstić information content (AvgIpc) is 2.38. The Labute approximate surface area is 121 Å². The predicted octanol–water partition coefficient (Wildman–Crippen LogP) is 0.829. The van der Waals surface area contributed by atoms with Crippen molar-refractivity contribution >= 4 is 24.2 Å². The van der Waals surface area contributed by atoms with Crippen molar-refractivity contribution in [2.45, 2.75) is 45.6 Å². The van der Waals surface area contributed by atoms with Gasteiger partial charge in [-0.05, 0) is 52.1 Å². The molecule has 1 unspecified atom stereocenters. The van der Waals surface area contributed by atoms with Crippen LogP contribution in [-0.4, -0.2) is 37.5 Å². The molecule has 0 radical (unpaired) electrons. The number of halogens is 1. The van der Waals surface area contributed by atoms with E-state index in [2.05, 4.69) is 16.0 Å². The van der Waals surface area contributed by atoms with E-state index in [0.717, 1.165) is 32.4 Å². The molecule has 0 aromatic rings. The Morgan fingerprint density at radius 2 is 1.95 bits per heavy atom. The number of carbonyl (C=O) groups excluding carboxylic acids is 2. The van der Waals surface area contributed by atoms with Crippen molar-refractivity contribution in [2.75, 3.05) is 19.6 Å². The smallest absolute Gasteiger partial charge is 0.242 e. The summed E-state index contributed by atoms with van der Waals surface area (Å²) in [5, 5.41) is 8.74. The van der Waals surface area contributed by atoms with Crippen LogP contribution in [0.15, 0.2) is 0 Å². The van der Waals surface area contributed by atoms with Gasteiger partial charge >= 0.3 is 0 Å². The fourth-order valence-electron chi connectivity index (χ4n) is 2.21. The first-order chi connectivity index (χ1) is 8.63. The molecular weight excluding hydrogens is 266 g/mol. The van der Waals surface area contributed by atoms with Crippen LogP contribution in [0.1, 0.15) is 39.5 Å². The van der Waals surface area contributed by atoms with Gasteiger partial charge in [-0.1, -0.05) is 0 Å². The number of hydrogen-bond donors (Lipinski definition) is 3. The van der Waals surface area contributed by atoms with E-state index in [1.165, 1.54) is 0 Å². The van der Waals surface area contributed by atoms with Crippen LogP contribution in [0.5, 0.6) is 0 Å². The molecule has 1 saturated heterocycles. The maximum atomic E-state index is 11.7. The summed E-state index contributed by atoms with van der Waals surface area (Å²) in [4.78, 5) is 23.1. The average molecular weight is 292 g/mol. The van der Waals surface area contributed by atoms with Gasteiger partial charge in [0.2, 0.25) is 11.8 Å². The number of likely N-dealkylation sites (N-methyl/N-ethyl adjacent to an activating group) is 1. The summed E-state index contributed by atoms with van der Waals surface area (Å²) in [6.45, 7) is 6.29. The van der Waals surface area contributed by atoms with E-state index >= 15 is 0 Å². The monoisotopic (exact) mass is 291 g/mol. The highest BCUT2D eigenvalue weighted by molar-refractivity contribution is 5.87. The van der Waals surface area contributed by atoms with Gasteiger partial charge in [-0.2, -0.15) is 0 Å². The Morgan fingerprint density at radius 3 is 2.53 bits per heavy atom. The maximum Gasteiger partial charge on any atom is 0.242 e. The summed E-state index contributed by atoms with van der Waals surface area (Å²) < 4.78 is 0. The number of carbonyl (C=O) groups is 2. The largest absolute Gasteiger partial charge is 0.355 e. The first-order valence-electron chi connectivity index (χ1n) is 6.91. The summed E-state index contributed by atoms with van der Waals surface area (Å²) >= 11 is 0. The highest BCUT2D eigenvalue weighted by Crippen LogP contribution is 2.17. The number of piperidine rings is 1. The molecule has 0 aromatic heterocycles. The van der Waals surface area contributed by atoms with Gasteiger partial charge in [0.05, 0.1) is 0 Å². The lowest BCUT2D eigenvalue weighted by Gasteiger charge is -2.22. The second-order valence-corrected chi connectivity index (χ2v) is 4.92. The minimum Gasteiger partial charge on any atom is -0.355 e. The molecule has 1 heterocycles. The van der Waals surface area contributed by atoms with Crippen LogP contribution in [-0.2, 0) is 9.59 Å². The Balaban J connectivity index is 0.00000324. The molecule has 0 bridgehead atoms. The normalized spacial score (nSPS) is 17.2. The number of amides is 2. The van der Waals surface area contributed by atoms with Crippen LogP contribution < -0.4 is 16.0 Å². The fraction of sp³-hybridized carbons (Fsp3) is 0.846. The summed E-state index contributed by atoms with van der Waals surface area (Å²) in [7, 11) is 0. The van der Waals surface area contributed by atoms with Gasteiger partial charge in [-0.25, -0.2) is 0 Å². The molecular formula is C13H26ClN3O2. The van der Waals surface area contributed by atoms with Gasteiger partial charge in [0.15, 0.2) is 0 Å². The molecule has 1 rings (SSSR count). The van der Waals surface area contributed by atoms with E-state index in [9.17, 15) is 9.59 Å². The van der Waals surface area contributed by atoms with Gasteiger partial charge in [-0.3, -0.25) is 9.59 Å². The fourth-order valence-corrected chi connectivity index (χ4v) is 2.21. The molecule has 0 spiro atoms. The van der Waals surface area contributed by atoms with Crippen LogP contribution in [0.3, 0.4) is 0 Å². The lowest BCUT2D eigenvalue weighted by molar-refractivity contribution is -0.128. The predicted molar refractivity (Wildman–Crippen MR) is 78.4 cm³/mol. The minimum absolute atomic E-state index is 0. The van der Waals surface area contributed by atoms with E-state index in [4.69, 9.17) is 0 Å². The summed E-state index contributed by atoms with van der Waals surface area (Å²) in [5.41, 5.74) is 0. The zero-order valence-electron chi connectivity index (χ0n) is 11.8. The molecule has 1 atom stereocenters. The van der Waals surface area contributed by atoms with Crippen molar-refractivity contribution < 1.29 is 9.59 Å². The Hall–Kier alpha value is -0.810. The van der Waals surface area contributed by atoms with Crippen LogP contribution in [0, 0.1) is 5.92 Å².